The van der Waals surface area contributed by atoms with Gasteiger partial charge in [-0.1, -0.05) is 43.7 Å². The van der Waals surface area contributed by atoms with Crippen LogP contribution in [-0.2, 0) is 26.5 Å². The molecule has 0 atom stereocenters. The number of nitrogens with zero attached hydrogens (tertiary/aromatic N) is 2. The Morgan fingerprint density at radius 1 is 0.774 bits per heavy atom. The summed E-state index contributed by atoms with van der Waals surface area (Å²) in [5.74, 6) is 0.498. The number of aryl methyl sites for hydroxylation is 3. The monoisotopic (exact) mass is 464 g/mol. The van der Waals surface area contributed by atoms with Crippen molar-refractivity contribution in [3.05, 3.63) is 58.7 Å². The van der Waals surface area contributed by atoms with Gasteiger partial charge in [-0.2, -0.15) is 8.61 Å². The Bertz CT molecular complexity index is 1120. The summed E-state index contributed by atoms with van der Waals surface area (Å²) in [4.78, 5) is 0.580. The fourth-order valence-corrected chi connectivity index (χ4v) is 7.53. The molecule has 170 valence electrons. The molecule has 0 radical (unpaired) electrons. The van der Waals surface area contributed by atoms with Gasteiger partial charge in [0, 0.05) is 26.2 Å². The summed E-state index contributed by atoms with van der Waals surface area (Å²) in [6.45, 7) is 10.3. The van der Waals surface area contributed by atoms with Gasteiger partial charge in [-0.15, -0.1) is 0 Å². The molecule has 0 amide bonds. The summed E-state index contributed by atoms with van der Waals surface area (Å²) < 4.78 is 55.4. The third-order valence-corrected chi connectivity index (χ3v) is 9.72. The van der Waals surface area contributed by atoms with E-state index in [4.69, 9.17) is 0 Å². The molecule has 0 saturated carbocycles. The van der Waals surface area contributed by atoms with E-state index < -0.39 is 20.0 Å². The molecule has 8 heteroatoms. The molecular weight excluding hydrogens is 432 g/mol. The molecule has 0 N–H and O–H groups in total. The molecule has 31 heavy (non-hydrogen) atoms. The van der Waals surface area contributed by atoms with E-state index in [1.54, 1.807) is 26.0 Å². The van der Waals surface area contributed by atoms with Gasteiger partial charge in [0.1, 0.15) is 0 Å². The lowest BCUT2D eigenvalue weighted by Gasteiger charge is -2.34. The number of hydrogen-bond acceptors (Lipinski definition) is 4. The minimum Gasteiger partial charge on any atom is -0.207 e. The van der Waals surface area contributed by atoms with Gasteiger partial charge in [0.25, 0.3) is 0 Å². The average molecular weight is 465 g/mol. The number of rotatable bonds is 6. The van der Waals surface area contributed by atoms with Crippen LogP contribution in [0.4, 0.5) is 0 Å². The highest BCUT2D eigenvalue weighted by atomic mass is 32.2. The summed E-state index contributed by atoms with van der Waals surface area (Å²) in [5, 5.41) is 0. The predicted molar refractivity (Wildman–Crippen MR) is 123 cm³/mol. The summed E-state index contributed by atoms with van der Waals surface area (Å²) in [6.07, 6.45) is 0.898. The molecule has 1 heterocycles. The number of hydrogen-bond donors (Lipinski definition) is 0. The van der Waals surface area contributed by atoms with Gasteiger partial charge in [0.15, 0.2) is 0 Å². The van der Waals surface area contributed by atoms with Crippen molar-refractivity contribution in [2.45, 2.75) is 50.8 Å². The number of piperazine rings is 1. The highest BCUT2D eigenvalue weighted by Gasteiger charge is 2.35. The normalized spacial score (nSPS) is 16.7. The van der Waals surface area contributed by atoms with Crippen molar-refractivity contribution < 1.29 is 16.8 Å². The highest BCUT2D eigenvalue weighted by molar-refractivity contribution is 7.89. The smallest absolute Gasteiger partial charge is 0.207 e. The van der Waals surface area contributed by atoms with E-state index in [-0.39, 0.29) is 31.1 Å². The van der Waals surface area contributed by atoms with Crippen LogP contribution < -0.4 is 0 Å². The summed E-state index contributed by atoms with van der Waals surface area (Å²) >= 11 is 0. The Hall–Kier alpha value is -1.74. The average Bonchev–Trinajstić information content (AvgIpc) is 2.67. The van der Waals surface area contributed by atoms with Gasteiger partial charge in [-0.25, -0.2) is 16.8 Å². The van der Waals surface area contributed by atoms with E-state index >= 15 is 0 Å². The minimum atomic E-state index is -3.68. The zero-order valence-electron chi connectivity index (χ0n) is 18.9. The lowest BCUT2D eigenvalue weighted by Crippen LogP contribution is -2.50. The van der Waals surface area contributed by atoms with Crippen LogP contribution in [0.3, 0.4) is 0 Å². The first kappa shape index (κ1) is 23.9. The van der Waals surface area contributed by atoms with E-state index in [1.165, 1.54) is 8.61 Å². The third-order valence-electron chi connectivity index (χ3n) is 5.61. The Labute approximate surface area is 187 Å². The van der Waals surface area contributed by atoms with Crippen LogP contribution in [0, 0.1) is 26.7 Å². The molecule has 0 spiro atoms. The van der Waals surface area contributed by atoms with Crippen LogP contribution in [0.15, 0.2) is 46.2 Å². The first-order chi connectivity index (χ1) is 14.4. The Balaban J connectivity index is 1.75. The van der Waals surface area contributed by atoms with Crippen LogP contribution in [-0.4, -0.2) is 51.6 Å². The molecule has 0 aliphatic carbocycles. The maximum absolute atomic E-state index is 13.2. The Morgan fingerprint density at radius 2 is 1.23 bits per heavy atom. The van der Waals surface area contributed by atoms with Gasteiger partial charge >= 0.3 is 0 Å². The van der Waals surface area contributed by atoms with Crippen LogP contribution in [0.1, 0.15) is 36.1 Å². The van der Waals surface area contributed by atoms with Gasteiger partial charge in [0.2, 0.25) is 20.0 Å². The second-order valence-electron chi connectivity index (χ2n) is 8.78. The van der Waals surface area contributed by atoms with Crippen LogP contribution in [0.2, 0.25) is 0 Å². The van der Waals surface area contributed by atoms with Crippen molar-refractivity contribution in [1.82, 2.24) is 8.61 Å². The molecule has 0 aromatic heterocycles. The highest BCUT2D eigenvalue weighted by Crippen LogP contribution is 2.27. The lowest BCUT2D eigenvalue weighted by molar-refractivity contribution is 0.272. The van der Waals surface area contributed by atoms with Crippen LogP contribution in [0.25, 0.3) is 0 Å². The fourth-order valence-electron chi connectivity index (χ4n) is 4.27. The van der Waals surface area contributed by atoms with Gasteiger partial charge in [-0.05, 0) is 61.9 Å². The van der Waals surface area contributed by atoms with E-state index in [2.05, 4.69) is 13.8 Å². The standard InChI is InChI=1S/C23H32N2O4S2/c1-17(2)14-21-6-8-22(9-7-21)30(26,27)24-10-12-25(13-11-24)31(28,29)23-19(4)15-18(3)16-20(23)5/h6-9,15-17H,10-14H2,1-5H3. The number of benzene rings is 2. The lowest BCUT2D eigenvalue weighted by atomic mass is 10.0. The first-order valence-electron chi connectivity index (χ1n) is 10.6. The van der Waals surface area contributed by atoms with E-state index in [0.29, 0.717) is 21.9 Å². The van der Waals surface area contributed by atoms with Crippen molar-refractivity contribution in [3.8, 4) is 0 Å². The fraction of sp³-hybridized carbons (Fsp3) is 0.478. The number of sulfonamides is 2. The van der Waals surface area contributed by atoms with E-state index in [1.807, 2.05) is 31.2 Å². The van der Waals surface area contributed by atoms with Crippen molar-refractivity contribution in [2.24, 2.45) is 5.92 Å². The Morgan fingerprint density at radius 3 is 1.68 bits per heavy atom. The molecule has 6 nitrogen and oxygen atoms in total. The molecule has 2 aromatic rings. The zero-order chi connectivity index (χ0) is 23.0. The van der Waals surface area contributed by atoms with E-state index in [9.17, 15) is 16.8 Å². The quantitative estimate of drug-likeness (QED) is 0.656. The van der Waals surface area contributed by atoms with Crippen molar-refractivity contribution in [2.75, 3.05) is 26.2 Å². The van der Waals surface area contributed by atoms with Crippen LogP contribution in [0.5, 0.6) is 0 Å². The minimum absolute atomic E-state index is 0.138. The molecule has 3 rings (SSSR count). The Kier molecular flexibility index (Phi) is 6.96. The molecule has 1 aliphatic rings. The largest absolute Gasteiger partial charge is 0.243 e. The first-order valence-corrected chi connectivity index (χ1v) is 13.5. The summed E-state index contributed by atoms with van der Waals surface area (Å²) in [5.41, 5.74) is 3.56. The zero-order valence-corrected chi connectivity index (χ0v) is 20.6. The molecule has 0 unspecified atom stereocenters. The molecule has 1 aliphatic heterocycles. The summed E-state index contributed by atoms with van der Waals surface area (Å²) in [7, 11) is -7.33. The summed E-state index contributed by atoms with van der Waals surface area (Å²) in [6, 6.07) is 10.7. The molecule has 0 bridgehead atoms. The van der Waals surface area contributed by atoms with Crippen molar-refractivity contribution in [1.29, 1.82) is 0 Å². The second kappa shape index (κ2) is 9.02. The molecule has 1 saturated heterocycles. The van der Waals surface area contributed by atoms with Crippen molar-refractivity contribution in [3.63, 3.8) is 0 Å². The molecule has 1 fully saturated rings. The van der Waals surface area contributed by atoms with Crippen LogP contribution >= 0.6 is 0 Å². The molecule has 2 aromatic carbocycles. The maximum atomic E-state index is 13.2. The van der Waals surface area contributed by atoms with Gasteiger partial charge in [-0.3, -0.25) is 0 Å². The second-order valence-corrected chi connectivity index (χ2v) is 12.6. The van der Waals surface area contributed by atoms with Crippen molar-refractivity contribution >= 4 is 20.0 Å². The molecular formula is C23H32N2O4S2. The van der Waals surface area contributed by atoms with E-state index in [0.717, 1.165) is 17.5 Å². The third kappa shape index (κ3) is 5.03. The predicted octanol–water partition coefficient (Wildman–Crippen LogP) is 3.51. The van der Waals surface area contributed by atoms with Gasteiger partial charge < -0.3 is 0 Å². The van der Waals surface area contributed by atoms with Gasteiger partial charge in [0.05, 0.1) is 9.79 Å². The maximum Gasteiger partial charge on any atom is 0.243 e. The SMILES string of the molecule is Cc1cc(C)c(S(=O)(=O)N2CCN(S(=O)(=O)c3ccc(CC(C)C)cc3)CC2)c(C)c1. The topological polar surface area (TPSA) is 74.8 Å².